The molecule has 0 bridgehead atoms. The molecule has 1 aliphatic rings. The Labute approximate surface area is 147 Å². The standard InChI is InChI=1S/C18H13FN2O3S/c1-10-16(11-5-6-14-15(8-11)24-9-23-14)20-18(25-10)21-17(22)12-3-2-4-13(19)7-12/h2-8H,9H2,1H3,(H,20,21,22). The first-order valence-electron chi connectivity index (χ1n) is 7.54. The summed E-state index contributed by atoms with van der Waals surface area (Å²) in [6, 6.07) is 11.1. The molecule has 0 fully saturated rings. The molecule has 0 spiro atoms. The van der Waals surface area contributed by atoms with Gasteiger partial charge in [0.15, 0.2) is 16.6 Å². The maximum Gasteiger partial charge on any atom is 0.257 e. The highest BCUT2D eigenvalue weighted by Crippen LogP contribution is 2.38. The number of fused-ring (bicyclic) bond motifs is 1. The number of halogens is 1. The number of hydrogen-bond donors (Lipinski definition) is 1. The number of thiazole rings is 1. The minimum atomic E-state index is -0.455. The quantitative estimate of drug-likeness (QED) is 0.763. The van der Waals surface area contributed by atoms with E-state index in [9.17, 15) is 9.18 Å². The predicted octanol–water partition coefficient (Wildman–Crippen LogP) is 4.24. The van der Waals surface area contributed by atoms with Crippen LogP contribution in [0.3, 0.4) is 0 Å². The average molecular weight is 356 g/mol. The van der Waals surface area contributed by atoms with Crippen molar-refractivity contribution in [2.75, 3.05) is 12.1 Å². The fraction of sp³-hybridized carbons (Fsp3) is 0.111. The highest BCUT2D eigenvalue weighted by molar-refractivity contribution is 7.16. The van der Waals surface area contributed by atoms with Gasteiger partial charge in [-0.2, -0.15) is 0 Å². The molecule has 0 saturated carbocycles. The van der Waals surface area contributed by atoms with Crippen molar-refractivity contribution in [3.8, 4) is 22.8 Å². The van der Waals surface area contributed by atoms with Crippen LogP contribution in [0.15, 0.2) is 42.5 Å². The van der Waals surface area contributed by atoms with Gasteiger partial charge in [0.25, 0.3) is 5.91 Å². The van der Waals surface area contributed by atoms with Gasteiger partial charge in [0.05, 0.1) is 5.69 Å². The van der Waals surface area contributed by atoms with Gasteiger partial charge in [-0.25, -0.2) is 9.37 Å². The maximum atomic E-state index is 13.2. The molecule has 1 N–H and O–H groups in total. The number of ether oxygens (including phenoxy) is 2. The van der Waals surface area contributed by atoms with E-state index < -0.39 is 11.7 Å². The van der Waals surface area contributed by atoms with Gasteiger partial charge in [-0.1, -0.05) is 6.07 Å². The molecule has 0 radical (unpaired) electrons. The number of hydrogen-bond acceptors (Lipinski definition) is 5. The van der Waals surface area contributed by atoms with Gasteiger partial charge >= 0.3 is 0 Å². The number of amides is 1. The molecule has 0 atom stereocenters. The van der Waals surface area contributed by atoms with Crippen molar-refractivity contribution in [3.63, 3.8) is 0 Å². The largest absolute Gasteiger partial charge is 0.454 e. The van der Waals surface area contributed by atoms with E-state index in [2.05, 4.69) is 10.3 Å². The summed E-state index contributed by atoms with van der Waals surface area (Å²) in [5.41, 5.74) is 1.89. The number of nitrogens with one attached hydrogen (secondary N) is 1. The van der Waals surface area contributed by atoms with Crippen molar-refractivity contribution >= 4 is 22.4 Å². The van der Waals surface area contributed by atoms with Crippen molar-refractivity contribution in [3.05, 3.63) is 58.7 Å². The Morgan fingerprint density at radius 1 is 1.20 bits per heavy atom. The van der Waals surface area contributed by atoms with Gasteiger partial charge < -0.3 is 9.47 Å². The van der Waals surface area contributed by atoms with Crippen LogP contribution >= 0.6 is 11.3 Å². The van der Waals surface area contributed by atoms with Crippen LogP contribution < -0.4 is 14.8 Å². The normalized spacial score (nSPS) is 12.2. The fourth-order valence-electron chi connectivity index (χ4n) is 2.56. The highest BCUT2D eigenvalue weighted by atomic mass is 32.1. The van der Waals surface area contributed by atoms with Crippen LogP contribution in [-0.4, -0.2) is 17.7 Å². The molecular formula is C18H13FN2O3S. The summed E-state index contributed by atoms with van der Waals surface area (Å²) in [7, 11) is 0. The average Bonchev–Trinajstić information content (AvgIpc) is 3.20. The molecular weight excluding hydrogens is 343 g/mol. The molecule has 25 heavy (non-hydrogen) atoms. The Morgan fingerprint density at radius 2 is 2.04 bits per heavy atom. The summed E-state index contributed by atoms with van der Waals surface area (Å²) in [5, 5.41) is 3.17. The van der Waals surface area contributed by atoms with Gasteiger partial charge in [-0.05, 0) is 43.3 Å². The Balaban J connectivity index is 1.59. The number of benzene rings is 2. The lowest BCUT2D eigenvalue weighted by atomic mass is 10.1. The monoisotopic (exact) mass is 356 g/mol. The minimum Gasteiger partial charge on any atom is -0.454 e. The molecule has 0 unspecified atom stereocenters. The van der Waals surface area contributed by atoms with Gasteiger partial charge in [0.1, 0.15) is 5.82 Å². The second kappa shape index (κ2) is 6.18. The second-order valence-electron chi connectivity index (χ2n) is 5.46. The van der Waals surface area contributed by atoms with Crippen molar-refractivity contribution < 1.29 is 18.7 Å². The third kappa shape index (κ3) is 3.06. The van der Waals surface area contributed by atoms with Crippen LogP contribution in [0.25, 0.3) is 11.3 Å². The number of rotatable bonds is 3. The van der Waals surface area contributed by atoms with E-state index in [0.29, 0.717) is 16.6 Å². The minimum absolute atomic E-state index is 0.212. The van der Waals surface area contributed by atoms with E-state index >= 15 is 0 Å². The van der Waals surface area contributed by atoms with E-state index in [1.54, 1.807) is 6.07 Å². The Kier molecular flexibility index (Phi) is 3.85. The van der Waals surface area contributed by atoms with Crippen molar-refractivity contribution in [1.82, 2.24) is 4.98 Å². The zero-order valence-electron chi connectivity index (χ0n) is 13.2. The molecule has 2 heterocycles. The number of carbonyl (C=O) groups excluding carboxylic acids is 1. The van der Waals surface area contributed by atoms with E-state index in [1.807, 2.05) is 25.1 Å². The van der Waals surface area contributed by atoms with Crippen molar-refractivity contribution in [2.45, 2.75) is 6.92 Å². The molecule has 1 aromatic heterocycles. The molecule has 2 aromatic carbocycles. The molecule has 5 nitrogen and oxygen atoms in total. The van der Waals surface area contributed by atoms with Crippen LogP contribution in [0.5, 0.6) is 11.5 Å². The number of aromatic nitrogens is 1. The summed E-state index contributed by atoms with van der Waals surface area (Å²) < 4.78 is 23.9. The summed E-state index contributed by atoms with van der Waals surface area (Å²) in [4.78, 5) is 17.7. The summed E-state index contributed by atoms with van der Waals surface area (Å²) in [6.07, 6.45) is 0. The summed E-state index contributed by atoms with van der Waals surface area (Å²) >= 11 is 1.36. The lowest BCUT2D eigenvalue weighted by molar-refractivity contribution is 0.102. The third-order valence-corrected chi connectivity index (χ3v) is 4.64. The number of nitrogens with zero attached hydrogens (tertiary/aromatic N) is 1. The van der Waals surface area contributed by atoms with E-state index in [1.165, 1.54) is 29.5 Å². The first kappa shape index (κ1) is 15.6. The van der Waals surface area contributed by atoms with Crippen molar-refractivity contribution in [2.24, 2.45) is 0 Å². The highest BCUT2D eigenvalue weighted by Gasteiger charge is 2.18. The number of aryl methyl sites for hydroxylation is 1. The zero-order valence-corrected chi connectivity index (χ0v) is 14.0. The fourth-order valence-corrected chi connectivity index (χ4v) is 3.39. The molecule has 4 rings (SSSR count). The number of carbonyl (C=O) groups is 1. The van der Waals surface area contributed by atoms with Gasteiger partial charge in [0.2, 0.25) is 6.79 Å². The Hall–Kier alpha value is -2.93. The van der Waals surface area contributed by atoms with Gasteiger partial charge in [-0.15, -0.1) is 11.3 Å². The Morgan fingerprint density at radius 3 is 2.88 bits per heavy atom. The number of anilines is 1. The lowest BCUT2D eigenvalue weighted by Crippen LogP contribution is -2.11. The molecule has 0 aliphatic carbocycles. The predicted molar refractivity (Wildman–Crippen MR) is 92.8 cm³/mol. The van der Waals surface area contributed by atoms with Gasteiger partial charge in [0, 0.05) is 16.0 Å². The molecule has 3 aromatic rings. The van der Waals surface area contributed by atoms with Crippen LogP contribution in [0.2, 0.25) is 0 Å². The molecule has 126 valence electrons. The summed E-state index contributed by atoms with van der Waals surface area (Å²) in [5.74, 6) is 0.529. The van der Waals surface area contributed by atoms with Crippen LogP contribution in [-0.2, 0) is 0 Å². The topological polar surface area (TPSA) is 60.5 Å². The van der Waals surface area contributed by atoms with Crippen LogP contribution in [0.1, 0.15) is 15.2 Å². The van der Waals surface area contributed by atoms with Gasteiger partial charge in [-0.3, -0.25) is 10.1 Å². The molecule has 0 saturated heterocycles. The van der Waals surface area contributed by atoms with Crippen molar-refractivity contribution in [1.29, 1.82) is 0 Å². The third-order valence-electron chi connectivity index (χ3n) is 3.75. The molecule has 1 aliphatic heterocycles. The maximum absolute atomic E-state index is 13.2. The molecule has 1 amide bonds. The first-order valence-corrected chi connectivity index (χ1v) is 8.36. The lowest BCUT2D eigenvalue weighted by Gasteiger charge is -2.02. The first-order chi connectivity index (χ1) is 12.1. The van der Waals surface area contributed by atoms with E-state index in [4.69, 9.17) is 9.47 Å². The van der Waals surface area contributed by atoms with Crippen LogP contribution in [0.4, 0.5) is 9.52 Å². The van der Waals surface area contributed by atoms with E-state index in [-0.39, 0.29) is 12.4 Å². The van der Waals surface area contributed by atoms with Crippen LogP contribution in [0, 0.1) is 12.7 Å². The molecule has 7 heteroatoms. The summed E-state index contributed by atoms with van der Waals surface area (Å²) in [6.45, 7) is 2.14. The SMILES string of the molecule is Cc1sc(NC(=O)c2cccc(F)c2)nc1-c1ccc2c(c1)OCO2. The van der Waals surface area contributed by atoms with E-state index in [0.717, 1.165) is 16.1 Å². The zero-order chi connectivity index (χ0) is 17.4. The Bertz CT molecular complexity index is 971. The smallest absolute Gasteiger partial charge is 0.257 e. The second-order valence-corrected chi connectivity index (χ2v) is 6.66.